The van der Waals surface area contributed by atoms with Crippen molar-refractivity contribution in [2.24, 2.45) is 5.41 Å². The third-order valence-corrected chi connectivity index (χ3v) is 3.82. The molecule has 0 aromatic heterocycles. The number of nitrogens with one attached hydrogen (secondary N) is 1. The van der Waals surface area contributed by atoms with E-state index in [2.05, 4.69) is 0 Å². The van der Waals surface area contributed by atoms with Crippen molar-refractivity contribution in [1.82, 2.24) is 4.90 Å². The Bertz CT molecular complexity index is 311. The van der Waals surface area contributed by atoms with E-state index < -0.39 is 5.41 Å². The van der Waals surface area contributed by atoms with Gasteiger partial charge >= 0.3 is 0 Å². The van der Waals surface area contributed by atoms with E-state index in [1.807, 2.05) is 20.8 Å². The summed E-state index contributed by atoms with van der Waals surface area (Å²) in [5, 5.41) is 7.69. The number of rotatable bonds is 0. The second kappa shape index (κ2) is 3.40. The van der Waals surface area contributed by atoms with Crippen molar-refractivity contribution in [2.75, 3.05) is 11.5 Å². The predicted molar refractivity (Wildman–Crippen MR) is 60.0 cm³/mol. The molecular weight excluding hydrogens is 212 g/mol. The number of carbonyl (C=O) groups is 1. The summed E-state index contributed by atoms with van der Waals surface area (Å²) in [5.74, 6) is 1.76. The van der Waals surface area contributed by atoms with E-state index in [0.29, 0.717) is 0 Å². The normalized spacial score (nSPS) is 30.3. The van der Waals surface area contributed by atoms with Crippen molar-refractivity contribution < 1.29 is 9.53 Å². The lowest BCUT2D eigenvalue weighted by atomic mass is 9.94. The Labute approximate surface area is 93.9 Å². The van der Waals surface area contributed by atoms with E-state index in [1.54, 1.807) is 11.8 Å². The lowest BCUT2D eigenvalue weighted by molar-refractivity contribution is -0.136. The van der Waals surface area contributed by atoms with E-state index in [4.69, 9.17) is 10.1 Å². The number of fused-ring (bicyclic) bond motifs is 1. The quantitative estimate of drug-likeness (QED) is 0.680. The first-order chi connectivity index (χ1) is 6.91. The van der Waals surface area contributed by atoms with Crippen LogP contribution in [0.1, 0.15) is 20.8 Å². The van der Waals surface area contributed by atoms with Crippen molar-refractivity contribution in [3.05, 3.63) is 0 Å². The highest BCUT2D eigenvalue weighted by molar-refractivity contribution is 7.99. The van der Waals surface area contributed by atoms with Gasteiger partial charge in [0.1, 0.15) is 6.10 Å². The topological polar surface area (TPSA) is 53.4 Å². The third-order valence-electron chi connectivity index (χ3n) is 2.67. The Balaban J connectivity index is 2.21. The smallest absolute Gasteiger partial charge is 0.292 e. The molecule has 0 aromatic carbocycles. The second-order valence-electron chi connectivity index (χ2n) is 4.99. The zero-order chi connectivity index (χ0) is 11.2. The predicted octanol–water partition coefficient (Wildman–Crippen LogP) is 1.31. The van der Waals surface area contributed by atoms with E-state index in [9.17, 15) is 4.79 Å². The molecule has 5 heteroatoms. The number of amidine groups is 1. The number of carbonyl (C=O) groups excluding carboxylic acids is 1. The van der Waals surface area contributed by atoms with Gasteiger partial charge in [-0.3, -0.25) is 15.1 Å². The average molecular weight is 228 g/mol. The summed E-state index contributed by atoms with van der Waals surface area (Å²) in [4.78, 5) is 13.6. The Morgan fingerprint density at radius 1 is 1.53 bits per heavy atom. The third kappa shape index (κ3) is 1.73. The zero-order valence-corrected chi connectivity index (χ0v) is 10.1. The zero-order valence-electron chi connectivity index (χ0n) is 9.24. The van der Waals surface area contributed by atoms with Crippen LogP contribution < -0.4 is 0 Å². The SMILES string of the molecule is CC(C)(C)C(=O)N1C(=N)O[C@@H]2CSC[C@H]21. The molecule has 0 bridgehead atoms. The van der Waals surface area contributed by atoms with E-state index in [-0.39, 0.29) is 24.1 Å². The van der Waals surface area contributed by atoms with Crippen LogP contribution in [0.3, 0.4) is 0 Å². The minimum Gasteiger partial charge on any atom is -0.459 e. The lowest BCUT2D eigenvalue weighted by Gasteiger charge is -2.27. The maximum absolute atomic E-state index is 12.1. The van der Waals surface area contributed by atoms with Gasteiger partial charge in [-0.1, -0.05) is 20.8 Å². The van der Waals surface area contributed by atoms with Crippen LogP contribution in [0.25, 0.3) is 0 Å². The first kappa shape index (κ1) is 10.8. The Morgan fingerprint density at radius 2 is 2.20 bits per heavy atom. The maximum Gasteiger partial charge on any atom is 0.292 e. The highest BCUT2D eigenvalue weighted by Gasteiger charge is 2.48. The van der Waals surface area contributed by atoms with E-state index >= 15 is 0 Å². The molecule has 2 rings (SSSR count). The summed E-state index contributed by atoms with van der Waals surface area (Å²) >= 11 is 1.78. The first-order valence-corrected chi connectivity index (χ1v) is 6.23. The molecule has 2 aliphatic heterocycles. The van der Waals surface area contributed by atoms with Crippen LogP contribution >= 0.6 is 11.8 Å². The van der Waals surface area contributed by atoms with Gasteiger partial charge in [0.2, 0.25) is 5.91 Å². The number of hydrogen-bond acceptors (Lipinski definition) is 4. The fourth-order valence-corrected chi connectivity index (χ4v) is 3.10. The molecule has 2 aliphatic rings. The van der Waals surface area contributed by atoms with Gasteiger partial charge in [0, 0.05) is 16.9 Å². The van der Waals surface area contributed by atoms with Crippen LogP contribution in [0.2, 0.25) is 0 Å². The molecule has 0 unspecified atom stereocenters. The monoisotopic (exact) mass is 228 g/mol. The summed E-state index contributed by atoms with van der Waals surface area (Å²) in [5.41, 5.74) is -0.447. The van der Waals surface area contributed by atoms with Crippen LogP contribution in [-0.2, 0) is 9.53 Å². The molecule has 2 heterocycles. The first-order valence-electron chi connectivity index (χ1n) is 5.08. The molecule has 2 saturated heterocycles. The van der Waals surface area contributed by atoms with Gasteiger partial charge in [0.25, 0.3) is 6.02 Å². The molecule has 0 radical (unpaired) electrons. The molecule has 84 valence electrons. The maximum atomic E-state index is 12.1. The molecule has 2 fully saturated rings. The van der Waals surface area contributed by atoms with Crippen LogP contribution in [0.5, 0.6) is 0 Å². The highest BCUT2D eigenvalue weighted by Crippen LogP contribution is 2.34. The van der Waals surface area contributed by atoms with Gasteiger partial charge in [-0.15, -0.1) is 0 Å². The standard InChI is InChI=1S/C10H16N2O2S/c1-10(2,3)8(13)12-6-4-15-5-7(6)14-9(12)11/h6-7,11H,4-5H2,1-3H3/t6-,7-/m1/s1. The average Bonchev–Trinajstić information content (AvgIpc) is 2.60. The minimum absolute atomic E-state index is 0.0116. The molecule has 15 heavy (non-hydrogen) atoms. The lowest BCUT2D eigenvalue weighted by Crippen LogP contribution is -2.46. The Morgan fingerprint density at radius 3 is 2.80 bits per heavy atom. The summed E-state index contributed by atoms with van der Waals surface area (Å²) < 4.78 is 5.38. The fraction of sp³-hybridized carbons (Fsp3) is 0.800. The van der Waals surface area contributed by atoms with E-state index in [1.165, 1.54) is 4.90 Å². The van der Waals surface area contributed by atoms with Crippen molar-refractivity contribution in [3.63, 3.8) is 0 Å². The van der Waals surface area contributed by atoms with Crippen molar-refractivity contribution in [1.29, 1.82) is 5.41 Å². The van der Waals surface area contributed by atoms with Gasteiger partial charge in [0.15, 0.2) is 0 Å². The van der Waals surface area contributed by atoms with Gasteiger partial charge in [-0.25, -0.2) is 0 Å². The minimum atomic E-state index is -0.447. The summed E-state index contributed by atoms with van der Waals surface area (Å²) in [7, 11) is 0. The molecule has 2 atom stereocenters. The summed E-state index contributed by atoms with van der Waals surface area (Å²) in [6.07, 6.45) is 0.0359. The molecule has 0 saturated carbocycles. The van der Waals surface area contributed by atoms with Gasteiger partial charge in [-0.2, -0.15) is 11.8 Å². The number of thioether (sulfide) groups is 1. The van der Waals surface area contributed by atoms with Crippen molar-refractivity contribution in [3.8, 4) is 0 Å². The van der Waals surface area contributed by atoms with E-state index in [0.717, 1.165) is 11.5 Å². The number of hydrogen-bond donors (Lipinski definition) is 1. The molecular formula is C10H16N2O2S. The largest absolute Gasteiger partial charge is 0.459 e. The molecule has 4 nitrogen and oxygen atoms in total. The van der Waals surface area contributed by atoms with Crippen LogP contribution in [0.15, 0.2) is 0 Å². The number of amides is 1. The number of ether oxygens (including phenoxy) is 1. The number of nitrogens with zero attached hydrogens (tertiary/aromatic N) is 1. The van der Waals surface area contributed by atoms with Crippen LogP contribution in [-0.4, -0.2) is 40.5 Å². The molecule has 1 amide bonds. The van der Waals surface area contributed by atoms with Crippen molar-refractivity contribution in [2.45, 2.75) is 32.9 Å². The van der Waals surface area contributed by atoms with Crippen LogP contribution in [0, 0.1) is 10.8 Å². The highest BCUT2D eigenvalue weighted by atomic mass is 32.2. The van der Waals surface area contributed by atoms with Crippen LogP contribution in [0.4, 0.5) is 0 Å². The Hall–Kier alpha value is -0.710. The van der Waals surface area contributed by atoms with Gasteiger partial charge < -0.3 is 4.74 Å². The molecule has 0 aromatic rings. The summed E-state index contributed by atoms with van der Waals surface area (Å²) in [6.45, 7) is 5.62. The van der Waals surface area contributed by atoms with Gasteiger partial charge in [-0.05, 0) is 0 Å². The fourth-order valence-electron chi connectivity index (χ4n) is 1.83. The second-order valence-corrected chi connectivity index (χ2v) is 6.07. The molecule has 0 aliphatic carbocycles. The Kier molecular flexibility index (Phi) is 2.45. The van der Waals surface area contributed by atoms with Crippen molar-refractivity contribution >= 4 is 23.7 Å². The molecule has 0 spiro atoms. The summed E-state index contributed by atoms with van der Waals surface area (Å²) in [6, 6.07) is 0.111. The van der Waals surface area contributed by atoms with Gasteiger partial charge in [0.05, 0.1) is 6.04 Å². The molecule has 1 N–H and O–H groups in total.